The molecular weight excluding hydrogens is 170 g/mol. The summed E-state index contributed by atoms with van der Waals surface area (Å²) in [5.74, 6) is -0.277. The second kappa shape index (κ2) is 3.90. The molecule has 0 aliphatic carbocycles. The Balaban J connectivity index is 3.19. The normalized spacial score (nSPS) is 10.6. The van der Waals surface area contributed by atoms with E-state index in [0.29, 0.717) is 11.0 Å². The van der Waals surface area contributed by atoms with Crippen LogP contribution >= 0.6 is 0 Å². The molecule has 2 N–H and O–H groups in total. The van der Waals surface area contributed by atoms with E-state index in [-0.39, 0.29) is 11.7 Å². The van der Waals surface area contributed by atoms with Crippen molar-refractivity contribution in [1.82, 2.24) is 0 Å². The van der Waals surface area contributed by atoms with Crippen molar-refractivity contribution in [1.29, 1.82) is 0 Å². The van der Waals surface area contributed by atoms with Gasteiger partial charge in [0.25, 0.3) is 0 Å². The summed E-state index contributed by atoms with van der Waals surface area (Å²) in [5.41, 5.74) is 1.01. The van der Waals surface area contributed by atoms with E-state index >= 15 is 0 Å². The van der Waals surface area contributed by atoms with Gasteiger partial charge in [0.1, 0.15) is 5.82 Å². The molecule has 0 unspecified atom stereocenters. The third-order valence-corrected chi connectivity index (χ3v) is 1.95. The van der Waals surface area contributed by atoms with Crippen LogP contribution in [-0.4, -0.2) is 17.2 Å². The molecule has 70 valence electrons. The van der Waals surface area contributed by atoms with E-state index in [0.717, 1.165) is 0 Å². The Morgan fingerprint density at radius 2 is 1.92 bits per heavy atom. The number of hydrogen-bond donors (Lipinski definition) is 2. The summed E-state index contributed by atoms with van der Waals surface area (Å²) in [4.78, 5) is 0. The molecule has 0 amide bonds. The Morgan fingerprint density at radius 1 is 1.31 bits per heavy atom. The van der Waals surface area contributed by atoms with Crippen LogP contribution in [0.25, 0.3) is 0 Å². The number of halogens is 1. The van der Waals surface area contributed by atoms with Gasteiger partial charge in [0.15, 0.2) is 0 Å². The molecule has 4 heteroatoms. The zero-order valence-electron chi connectivity index (χ0n) is 7.66. The lowest BCUT2D eigenvalue weighted by Gasteiger charge is -2.11. The molecule has 0 atom stereocenters. The predicted molar refractivity (Wildman–Crippen MR) is 50.3 cm³/mol. The van der Waals surface area contributed by atoms with Gasteiger partial charge in [-0.25, -0.2) is 4.39 Å². The van der Waals surface area contributed by atoms with Crippen LogP contribution in [0.4, 0.5) is 4.39 Å². The van der Waals surface area contributed by atoms with E-state index in [4.69, 9.17) is 10.0 Å². The highest BCUT2D eigenvalue weighted by Crippen LogP contribution is 2.13. The summed E-state index contributed by atoms with van der Waals surface area (Å²) >= 11 is 0. The van der Waals surface area contributed by atoms with Gasteiger partial charge in [0.2, 0.25) is 0 Å². The minimum absolute atomic E-state index is 0.0764. The Hall–Kier alpha value is -0.865. The maximum Gasteiger partial charge on any atom is 0.488 e. The van der Waals surface area contributed by atoms with Gasteiger partial charge in [0.05, 0.1) is 0 Å². The van der Waals surface area contributed by atoms with Crippen LogP contribution in [0, 0.1) is 5.82 Å². The maximum atomic E-state index is 12.8. The van der Waals surface area contributed by atoms with E-state index in [1.807, 2.05) is 13.8 Å². The van der Waals surface area contributed by atoms with Gasteiger partial charge >= 0.3 is 7.12 Å². The number of rotatable bonds is 2. The van der Waals surface area contributed by atoms with Crippen molar-refractivity contribution in [3.05, 3.63) is 29.6 Å². The Bertz CT molecular complexity index is 300. The predicted octanol–water partition coefficient (Wildman–Crippen LogP) is 0.629. The van der Waals surface area contributed by atoms with Crippen molar-refractivity contribution in [3.63, 3.8) is 0 Å². The first-order valence-corrected chi connectivity index (χ1v) is 4.18. The van der Waals surface area contributed by atoms with Crippen LogP contribution in [0.15, 0.2) is 18.2 Å². The van der Waals surface area contributed by atoms with Gasteiger partial charge in [-0.3, -0.25) is 0 Å². The van der Waals surface area contributed by atoms with Crippen molar-refractivity contribution in [3.8, 4) is 0 Å². The molecule has 0 aromatic heterocycles. The molecule has 0 heterocycles. The van der Waals surface area contributed by atoms with Crippen LogP contribution in [0.3, 0.4) is 0 Å². The Labute approximate surface area is 77.2 Å². The molecule has 1 rings (SSSR count). The third-order valence-electron chi connectivity index (χ3n) is 1.95. The molecule has 0 spiro atoms. The summed E-state index contributed by atoms with van der Waals surface area (Å²) < 4.78 is 12.8. The average Bonchev–Trinajstić information content (AvgIpc) is 2.03. The van der Waals surface area contributed by atoms with Crippen LogP contribution in [0.1, 0.15) is 25.3 Å². The van der Waals surface area contributed by atoms with E-state index in [1.165, 1.54) is 18.2 Å². The monoisotopic (exact) mass is 182 g/mol. The van der Waals surface area contributed by atoms with Gasteiger partial charge in [-0.05, 0) is 29.1 Å². The fraction of sp³-hybridized carbons (Fsp3) is 0.333. The van der Waals surface area contributed by atoms with E-state index in [1.54, 1.807) is 0 Å². The largest absolute Gasteiger partial charge is 0.488 e. The summed E-state index contributed by atoms with van der Waals surface area (Å²) in [5, 5.41) is 18.0. The third kappa shape index (κ3) is 2.29. The van der Waals surface area contributed by atoms with Gasteiger partial charge in [-0.1, -0.05) is 19.9 Å². The van der Waals surface area contributed by atoms with Crippen LogP contribution in [0.5, 0.6) is 0 Å². The summed E-state index contributed by atoms with van der Waals surface area (Å²) in [6.07, 6.45) is 0. The smallest absolute Gasteiger partial charge is 0.423 e. The van der Waals surface area contributed by atoms with Crippen LogP contribution < -0.4 is 5.46 Å². The van der Waals surface area contributed by atoms with Gasteiger partial charge in [-0.15, -0.1) is 0 Å². The van der Waals surface area contributed by atoms with E-state index in [2.05, 4.69) is 0 Å². The summed E-state index contributed by atoms with van der Waals surface area (Å²) in [6.45, 7) is 3.75. The van der Waals surface area contributed by atoms with Gasteiger partial charge in [-0.2, -0.15) is 0 Å². The molecule has 13 heavy (non-hydrogen) atoms. The topological polar surface area (TPSA) is 40.5 Å². The second-order valence-electron chi connectivity index (χ2n) is 3.30. The Morgan fingerprint density at radius 3 is 2.38 bits per heavy atom. The van der Waals surface area contributed by atoms with Crippen molar-refractivity contribution >= 4 is 12.6 Å². The van der Waals surface area contributed by atoms with E-state index < -0.39 is 7.12 Å². The highest BCUT2D eigenvalue weighted by atomic mass is 19.1. The van der Waals surface area contributed by atoms with Crippen LogP contribution in [-0.2, 0) is 0 Å². The molecule has 0 aliphatic heterocycles. The maximum absolute atomic E-state index is 12.8. The van der Waals surface area contributed by atoms with Gasteiger partial charge < -0.3 is 10.0 Å². The Kier molecular flexibility index (Phi) is 3.06. The molecule has 2 nitrogen and oxygen atoms in total. The minimum Gasteiger partial charge on any atom is -0.423 e. The molecule has 0 bridgehead atoms. The lowest BCUT2D eigenvalue weighted by Crippen LogP contribution is -2.33. The lowest BCUT2D eigenvalue weighted by atomic mass is 9.74. The standard InChI is InChI=1S/C9H12BFO2/c1-6(2)8-5-7(11)3-4-9(8)10(12)13/h3-6,12-13H,1-2H3. The molecule has 0 saturated heterocycles. The molecule has 0 fully saturated rings. The quantitative estimate of drug-likeness (QED) is 0.658. The average molecular weight is 182 g/mol. The first kappa shape index (κ1) is 10.2. The first-order valence-electron chi connectivity index (χ1n) is 4.18. The number of hydrogen-bond acceptors (Lipinski definition) is 2. The number of benzene rings is 1. The summed E-state index contributed by atoms with van der Waals surface area (Å²) in [7, 11) is -1.53. The molecule has 0 radical (unpaired) electrons. The fourth-order valence-electron chi connectivity index (χ4n) is 1.28. The molecule has 1 aromatic rings. The van der Waals surface area contributed by atoms with E-state index in [9.17, 15) is 4.39 Å². The second-order valence-corrected chi connectivity index (χ2v) is 3.30. The minimum atomic E-state index is -1.53. The zero-order valence-corrected chi connectivity index (χ0v) is 7.66. The van der Waals surface area contributed by atoms with Crippen molar-refractivity contribution in [2.45, 2.75) is 19.8 Å². The lowest BCUT2D eigenvalue weighted by molar-refractivity contribution is 0.425. The molecule has 0 saturated carbocycles. The first-order chi connectivity index (χ1) is 6.02. The van der Waals surface area contributed by atoms with Crippen molar-refractivity contribution in [2.24, 2.45) is 0 Å². The van der Waals surface area contributed by atoms with Crippen molar-refractivity contribution < 1.29 is 14.4 Å². The molecule has 1 aromatic carbocycles. The molecule has 0 aliphatic rings. The fourth-order valence-corrected chi connectivity index (χ4v) is 1.28. The highest BCUT2D eigenvalue weighted by Gasteiger charge is 2.17. The highest BCUT2D eigenvalue weighted by molar-refractivity contribution is 6.59. The zero-order chi connectivity index (χ0) is 10.0. The molecular formula is C9H12BFO2. The van der Waals surface area contributed by atoms with Crippen LogP contribution in [0.2, 0.25) is 0 Å². The van der Waals surface area contributed by atoms with Crippen molar-refractivity contribution in [2.75, 3.05) is 0 Å². The SMILES string of the molecule is CC(C)c1cc(F)ccc1B(O)O. The van der Waals surface area contributed by atoms with Gasteiger partial charge in [0, 0.05) is 0 Å². The summed E-state index contributed by atoms with van der Waals surface area (Å²) in [6, 6.07) is 3.95.